The molecule has 0 saturated carbocycles. The van der Waals surface area contributed by atoms with Gasteiger partial charge in [0.1, 0.15) is 5.60 Å². The fraction of sp³-hybridized carbons (Fsp3) is 0.688. The standard InChI is InChI=1S/C16H26N4O3/c1-15(2,3)13(21)17-12-10-9-20(8-7-11(10)18-19-12)14(22)23-16(4,5)6/h7-9H2,1-6H3,(H2,17,18,19,21). The predicted octanol–water partition coefficient (Wildman–Crippen LogP) is 2.69. The molecule has 1 aliphatic rings. The van der Waals surface area contributed by atoms with Crippen molar-refractivity contribution < 1.29 is 14.3 Å². The van der Waals surface area contributed by atoms with Crippen LogP contribution in [0.1, 0.15) is 52.8 Å². The average Bonchev–Trinajstić information content (AvgIpc) is 2.78. The molecule has 0 radical (unpaired) electrons. The van der Waals surface area contributed by atoms with Gasteiger partial charge in [-0.25, -0.2) is 4.79 Å². The van der Waals surface area contributed by atoms with Crippen molar-refractivity contribution in [2.75, 3.05) is 11.9 Å². The van der Waals surface area contributed by atoms with Crippen molar-refractivity contribution in [3.05, 3.63) is 11.3 Å². The van der Waals surface area contributed by atoms with Gasteiger partial charge in [-0.15, -0.1) is 0 Å². The first-order chi connectivity index (χ1) is 10.5. The predicted molar refractivity (Wildman–Crippen MR) is 87.0 cm³/mol. The van der Waals surface area contributed by atoms with Gasteiger partial charge >= 0.3 is 6.09 Å². The van der Waals surface area contributed by atoms with Gasteiger partial charge in [0.15, 0.2) is 5.82 Å². The van der Waals surface area contributed by atoms with E-state index >= 15 is 0 Å². The molecule has 0 atom stereocenters. The lowest BCUT2D eigenvalue weighted by Crippen LogP contribution is -2.40. The van der Waals surface area contributed by atoms with Gasteiger partial charge in [-0.3, -0.25) is 9.89 Å². The van der Waals surface area contributed by atoms with Crippen LogP contribution < -0.4 is 5.32 Å². The van der Waals surface area contributed by atoms with E-state index < -0.39 is 11.0 Å². The average molecular weight is 322 g/mol. The van der Waals surface area contributed by atoms with Crippen molar-refractivity contribution in [1.82, 2.24) is 15.1 Å². The molecule has 2 rings (SSSR count). The Morgan fingerprint density at radius 3 is 2.43 bits per heavy atom. The molecule has 2 N–H and O–H groups in total. The number of ether oxygens (including phenoxy) is 1. The molecular weight excluding hydrogens is 296 g/mol. The van der Waals surface area contributed by atoms with Crippen LogP contribution in [0.3, 0.4) is 0 Å². The molecule has 7 nitrogen and oxygen atoms in total. The summed E-state index contributed by atoms with van der Waals surface area (Å²) < 4.78 is 5.41. The SMILES string of the molecule is CC(C)(C)OC(=O)N1CCc2[nH]nc(NC(=O)C(C)(C)C)c2C1. The van der Waals surface area contributed by atoms with Gasteiger partial charge in [0, 0.05) is 29.6 Å². The summed E-state index contributed by atoms with van der Waals surface area (Å²) in [6.45, 7) is 12.0. The number of hydrogen-bond acceptors (Lipinski definition) is 4. The summed E-state index contributed by atoms with van der Waals surface area (Å²) in [5.74, 6) is 0.384. The normalized spacial score (nSPS) is 15.1. The zero-order valence-electron chi connectivity index (χ0n) is 14.7. The number of amides is 2. The highest BCUT2D eigenvalue weighted by Gasteiger charge is 2.30. The highest BCUT2D eigenvalue weighted by Crippen LogP contribution is 2.26. The fourth-order valence-corrected chi connectivity index (χ4v) is 2.18. The number of carbonyl (C=O) groups excluding carboxylic acids is 2. The molecule has 23 heavy (non-hydrogen) atoms. The molecule has 0 aromatic carbocycles. The Balaban J connectivity index is 2.12. The second-order valence-electron chi connectivity index (χ2n) is 7.89. The molecule has 0 saturated heterocycles. The van der Waals surface area contributed by atoms with Gasteiger partial charge in [0.25, 0.3) is 0 Å². The Hall–Kier alpha value is -2.05. The Morgan fingerprint density at radius 2 is 1.87 bits per heavy atom. The van der Waals surface area contributed by atoms with Gasteiger partial charge in [-0.1, -0.05) is 20.8 Å². The van der Waals surface area contributed by atoms with Crippen molar-refractivity contribution in [2.45, 2.75) is 60.1 Å². The van der Waals surface area contributed by atoms with Crippen LogP contribution in [0.25, 0.3) is 0 Å². The molecule has 0 aliphatic carbocycles. The summed E-state index contributed by atoms with van der Waals surface area (Å²) >= 11 is 0. The van der Waals surface area contributed by atoms with Crippen molar-refractivity contribution in [2.24, 2.45) is 5.41 Å². The van der Waals surface area contributed by atoms with Gasteiger partial charge < -0.3 is 15.0 Å². The number of anilines is 1. The maximum atomic E-state index is 12.2. The fourth-order valence-electron chi connectivity index (χ4n) is 2.18. The molecule has 0 unspecified atom stereocenters. The van der Waals surface area contributed by atoms with Gasteiger partial charge in [-0.2, -0.15) is 5.10 Å². The van der Waals surface area contributed by atoms with Crippen LogP contribution in [0, 0.1) is 5.41 Å². The molecule has 1 aromatic heterocycles. The monoisotopic (exact) mass is 322 g/mol. The number of nitrogens with zero attached hydrogens (tertiary/aromatic N) is 2. The minimum atomic E-state index is -0.531. The topological polar surface area (TPSA) is 87.3 Å². The maximum absolute atomic E-state index is 12.2. The van der Waals surface area contributed by atoms with E-state index in [4.69, 9.17) is 4.74 Å². The first kappa shape index (κ1) is 17.3. The lowest BCUT2D eigenvalue weighted by Gasteiger charge is -2.30. The lowest BCUT2D eigenvalue weighted by molar-refractivity contribution is -0.123. The number of aromatic amines is 1. The highest BCUT2D eigenvalue weighted by molar-refractivity contribution is 5.94. The van der Waals surface area contributed by atoms with Gasteiger partial charge in [0.05, 0.1) is 6.54 Å². The molecule has 2 amide bonds. The van der Waals surface area contributed by atoms with E-state index in [0.717, 1.165) is 11.3 Å². The number of hydrogen-bond donors (Lipinski definition) is 2. The van der Waals surface area contributed by atoms with Crippen LogP contribution in [0.15, 0.2) is 0 Å². The van der Waals surface area contributed by atoms with Crippen LogP contribution in [-0.2, 0) is 22.5 Å². The number of carbonyl (C=O) groups is 2. The van der Waals surface area contributed by atoms with Crippen molar-refractivity contribution in [3.8, 4) is 0 Å². The molecule has 7 heteroatoms. The summed E-state index contributed by atoms with van der Waals surface area (Å²) in [5.41, 5.74) is 0.760. The van der Waals surface area contributed by atoms with E-state index in [9.17, 15) is 9.59 Å². The summed E-state index contributed by atoms with van der Waals surface area (Å²) in [6, 6.07) is 0. The van der Waals surface area contributed by atoms with Crippen LogP contribution in [0.5, 0.6) is 0 Å². The molecular formula is C16H26N4O3. The van der Waals surface area contributed by atoms with E-state index in [-0.39, 0.29) is 12.0 Å². The number of fused-ring (bicyclic) bond motifs is 1. The zero-order valence-corrected chi connectivity index (χ0v) is 14.7. The quantitative estimate of drug-likeness (QED) is 0.832. The molecule has 0 bridgehead atoms. The minimum Gasteiger partial charge on any atom is -0.444 e. The Labute approximate surface area is 136 Å². The number of rotatable bonds is 1. The molecule has 0 spiro atoms. The summed E-state index contributed by atoms with van der Waals surface area (Å²) in [7, 11) is 0. The minimum absolute atomic E-state index is 0.110. The molecule has 1 aromatic rings. The van der Waals surface area contributed by atoms with Crippen LogP contribution in [0.2, 0.25) is 0 Å². The smallest absolute Gasteiger partial charge is 0.410 e. The summed E-state index contributed by atoms with van der Waals surface area (Å²) in [4.78, 5) is 26.0. The van der Waals surface area contributed by atoms with E-state index in [1.54, 1.807) is 4.90 Å². The van der Waals surface area contributed by atoms with Crippen LogP contribution in [0.4, 0.5) is 10.6 Å². The van der Waals surface area contributed by atoms with Crippen molar-refractivity contribution in [3.63, 3.8) is 0 Å². The third-order valence-corrected chi connectivity index (χ3v) is 3.50. The van der Waals surface area contributed by atoms with E-state index in [1.165, 1.54) is 0 Å². The van der Waals surface area contributed by atoms with Crippen LogP contribution >= 0.6 is 0 Å². The Kier molecular flexibility index (Phi) is 4.41. The molecule has 2 heterocycles. The maximum Gasteiger partial charge on any atom is 0.410 e. The third-order valence-electron chi connectivity index (χ3n) is 3.50. The first-order valence-corrected chi connectivity index (χ1v) is 7.83. The second kappa shape index (κ2) is 5.86. The molecule has 0 fully saturated rings. The summed E-state index contributed by atoms with van der Waals surface area (Å²) in [5, 5.41) is 9.97. The first-order valence-electron chi connectivity index (χ1n) is 7.83. The molecule has 128 valence electrons. The van der Waals surface area contributed by atoms with E-state index in [2.05, 4.69) is 15.5 Å². The third kappa shape index (κ3) is 4.24. The van der Waals surface area contributed by atoms with E-state index in [0.29, 0.717) is 25.3 Å². The number of H-pyrrole nitrogens is 1. The largest absolute Gasteiger partial charge is 0.444 e. The van der Waals surface area contributed by atoms with Crippen LogP contribution in [-0.4, -0.2) is 39.2 Å². The Bertz CT molecular complexity index is 608. The lowest BCUT2D eigenvalue weighted by atomic mass is 9.95. The highest BCUT2D eigenvalue weighted by atomic mass is 16.6. The van der Waals surface area contributed by atoms with Gasteiger partial charge in [-0.05, 0) is 20.8 Å². The second-order valence-corrected chi connectivity index (χ2v) is 7.89. The summed E-state index contributed by atoms with van der Waals surface area (Å²) in [6.07, 6.45) is 0.310. The zero-order chi connectivity index (χ0) is 17.4. The van der Waals surface area contributed by atoms with Crippen molar-refractivity contribution in [1.29, 1.82) is 0 Å². The number of aromatic nitrogens is 2. The van der Waals surface area contributed by atoms with Crippen molar-refractivity contribution >= 4 is 17.8 Å². The van der Waals surface area contributed by atoms with Gasteiger partial charge in [0.2, 0.25) is 5.91 Å². The number of nitrogens with one attached hydrogen (secondary N) is 2. The van der Waals surface area contributed by atoms with E-state index in [1.807, 2.05) is 41.5 Å². The Morgan fingerprint density at radius 1 is 1.22 bits per heavy atom. The molecule has 1 aliphatic heterocycles.